The van der Waals surface area contributed by atoms with Crippen LogP contribution in [0.1, 0.15) is 33.6 Å². The molecule has 1 nitrogen and oxygen atoms in total. The van der Waals surface area contributed by atoms with Crippen molar-refractivity contribution in [3.8, 4) is 0 Å². The van der Waals surface area contributed by atoms with Crippen LogP contribution < -0.4 is 0 Å². The van der Waals surface area contributed by atoms with E-state index in [9.17, 15) is 4.79 Å². The SMILES string of the molecule is CC1=CCCC(C)(C)C1/C=C/C=C/C=O. The molecule has 0 saturated heterocycles. The molecule has 0 aromatic carbocycles. The average Bonchev–Trinajstić information content (AvgIpc) is 2.15. The lowest BCUT2D eigenvalue weighted by Crippen LogP contribution is -2.26. The van der Waals surface area contributed by atoms with Gasteiger partial charge in [-0.3, -0.25) is 4.79 Å². The first kappa shape index (κ1) is 12.0. The Morgan fingerprint density at radius 1 is 1.33 bits per heavy atom. The first-order valence-electron chi connectivity index (χ1n) is 5.53. The molecule has 0 heterocycles. The van der Waals surface area contributed by atoms with Gasteiger partial charge >= 0.3 is 0 Å². The second-order valence-electron chi connectivity index (χ2n) is 4.86. The third-order valence-electron chi connectivity index (χ3n) is 3.19. The number of allylic oxidation sites excluding steroid dienone is 6. The molecule has 1 aliphatic rings. The van der Waals surface area contributed by atoms with Gasteiger partial charge < -0.3 is 0 Å². The molecule has 0 fully saturated rings. The normalized spacial score (nSPS) is 25.8. The van der Waals surface area contributed by atoms with Crippen LogP contribution in [0.5, 0.6) is 0 Å². The summed E-state index contributed by atoms with van der Waals surface area (Å²) in [5.74, 6) is 0.502. The second-order valence-corrected chi connectivity index (χ2v) is 4.86. The molecule has 0 amide bonds. The van der Waals surface area contributed by atoms with Gasteiger partial charge in [0.1, 0.15) is 6.29 Å². The highest BCUT2D eigenvalue weighted by molar-refractivity contribution is 5.65. The molecule has 0 bridgehead atoms. The Morgan fingerprint density at radius 2 is 2.07 bits per heavy atom. The van der Waals surface area contributed by atoms with Crippen molar-refractivity contribution in [2.24, 2.45) is 11.3 Å². The summed E-state index contributed by atoms with van der Waals surface area (Å²) < 4.78 is 0. The predicted molar refractivity (Wildman–Crippen MR) is 64.6 cm³/mol. The third-order valence-corrected chi connectivity index (χ3v) is 3.19. The van der Waals surface area contributed by atoms with Crippen molar-refractivity contribution in [3.63, 3.8) is 0 Å². The smallest absolute Gasteiger partial charge is 0.142 e. The first-order chi connectivity index (χ1) is 7.08. The number of carbonyl (C=O) groups excluding carboxylic acids is 1. The van der Waals surface area contributed by atoms with Crippen LogP contribution in [0.15, 0.2) is 36.0 Å². The molecule has 0 N–H and O–H groups in total. The lowest BCUT2D eigenvalue weighted by Gasteiger charge is -2.36. The molecule has 0 aliphatic heterocycles. The van der Waals surface area contributed by atoms with E-state index in [0.717, 1.165) is 6.29 Å². The first-order valence-corrected chi connectivity index (χ1v) is 5.53. The fraction of sp³-hybridized carbons (Fsp3) is 0.500. The monoisotopic (exact) mass is 204 g/mol. The van der Waals surface area contributed by atoms with Crippen LogP contribution in [0.3, 0.4) is 0 Å². The minimum atomic E-state index is 0.338. The number of carbonyl (C=O) groups is 1. The summed E-state index contributed by atoms with van der Waals surface area (Å²) in [5.41, 5.74) is 1.78. The number of hydrogen-bond donors (Lipinski definition) is 0. The molecular weight excluding hydrogens is 184 g/mol. The number of aldehydes is 1. The molecule has 15 heavy (non-hydrogen) atoms. The van der Waals surface area contributed by atoms with E-state index >= 15 is 0 Å². The van der Waals surface area contributed by atoms with Crippen molar-refractivity contribution in [1.29, 1.82) is 0 Å². The van der Waals surface area contributed by atoms with E-state index in [2.05, 4.69) is 32.9 Å². The molecule has 0 aromatic rings. The molecule has 0 spiro atoms. The Bertz CT molecular complexity index is 305. The van der Waals surface area contributed by atoms with Gasteiger partial charge in [-0.2, -0.15) is 0 Å². The zero-order chi connectivity index (χ0) is 11.3. The highest BCUT2D eigenvalue weighted by atomic mass is 16.1. The fourth-order valence-corrected chi connectivity index (χ4v) is 2.27. The van der Waals surface area contributed by atoms with Gasteiger partial charge in [-0.05, 0) is 31.3 Å². The second kappa shape index (κ2) is 5.11. The average molecular weight is 204 g/mol. The van der Waals surface area contributed by atoms with Crippen LogP contribution in [0.2, 0.25) is 0 Å². The summed E-state index contributed by atoms with van der Waals surface area (Å²) in [6.45, 7) is 6.81. The molecule has 0 aromatic heterocycles. The van der Waals surface area contributed by atoms with E-state index in [4.69, 9.17) is 0 Å². The molecule has 1 aliphatic carbocycles. The third kappa shape index (κ3) is 3.19. The predicted octanol–water partition coefficient (Wildman–Crippen LogP) is 3.68. The maximum atomic E-state index is 10.1. The lowest BCUT2D eigenvalue weighted by atomic mass is 9.68. The Labute approximate surface area is 92.6 Å². The van der Waals surface area contributed by atoms with Crippen LogP contribution in [-0.4, -0.2) is 6.29 Å². The molecule has 0 radical (unpaired) electrons. The van der Waals surface area contributed by atoms with Crippen molar-refractivity contribution in [2.75, 3.05) is 0 Å². The maximum Gasteiger partial charge on any atom is 0.142 e. The molecule has 82 valence electrons. The standard InChI is InChI=1S/C14H20O/c1-12-8-7-10-14(2,3)13(12)9-5-4-6-11-15/h4-6,8-9,11,13H,7,10H2,1-3H3/b6-4+,9-5+. The van der Waals surface area contributed by atoms with Gasteiger partial charge in [0.2, 0.25) is 0 Å². The topological polar surface area (TPSA) is 17.1 Å². The van der Waals surface area contributed by atoms with Crippen molar-refractivity contribution < 1.29 is 4.79 Å². The van der Waals surface area contributed by atoms with Crippen LogP contribution in [0, 0.1) is 11.3 Å². The highest BCUT2D eigenvalue weighted by Gasteiger charge is 2.30. The van der Waals surface area contributed by atoms with Crippen LogP contribution in [0.25, 0.3) is 0 Å². The van der Waals surface area contributed by atoms with Gasteiger partial charge in [0.25, 0.3) is 0 Å². The Balaban J connectivity index is 2.76. The van der Waals surface area contributed by atoms with Gasteiger partial charge in [0.05, 0.1) is 0 Å². The van der Waals surface area contributed by atoms with E-state index in [1.165, 1.54) is 24.5 Å². The quantitative estimate of drug-likeness (QED) is 0.296. The van der Waals surface area contributed by atoms with E-state index < -0.39 is 0 Å². The zero-order valence-electron chi connectivity index (χ0n) is 9.86. The van der Waals surface area contributed by atoms with Crippen molar-refractivity contribution in [3.05, 3.63) is 36.0 Å². The molecular formula is C14H20O. The summed E-state index contributed by atoms with van der Waals surface area (Å²) in [6, 6.07) is 0. The summed E-state index contributed by atoms with van der Waals surface area (Å²) in [7, 11) is 0. The summed E-state index contributed by atoms with van der Waals surface area (Å²) in [4.78, 5) is 10.1. The van der Waals surface area contributed by atoms with Gasteiger partial charge in [0.15, 0.2) is 0 Å². The maximum absolute atomic E-state index is 10.1. The minimum absolute atomic E-state index is 0.338. The highest BCUT2D eigenvalue weighted by Crippen LogP contribution is 2.41. The van der Waals surface area contributed by atoms with E-state index in [0.29, 0.717) is 11.3 Å². The Hall–Kier alpha value is -1.11. The van der Waals surface area contributed by atoms with E-state index in [1.54, 1.807) is 6.08 Å². The Morgan fingerprint density at radius 3 is 2.67 bits per heavy atom. The molecule has 0 saturated carbocycles. The summed E-state index contributed by atoms with van der Waals surface area (Å²) >= 11 is 0. The van der Waals surface area contributed by atoms with Gasteiger partial charge in [0, 0.05) is 5.92 Å². The van der Waals surface area contributed by atoms with Gasteiger partial charge in [-0.15, -0.1) is 0 Å². The van der Waals surface area contributed by atoms with E-state index in [1.807, 2.05) is 6.08 Å². The van der Waals surface area contributed by atoms with Crippen molar-refractivity contribution in [2.45, 2.75) is 33.6 Å². The number of hydrogen-bond acceptors (Lipinski definition) is 1. The van der Waals surface area contributed by atoms with Crippen molar-refractivity contribution >= 4 is 6.29 Å². The molecule has 1 atom stereocenters. The molecule has 1 rings (SSSR count). The summed E-state index contributed by atoms with van der Waals surface area (Å²) in [6.07, 6.45) is 13.0. The summed E-state index contributed by atoms with van der Waals surface area (Å²) in [5, 5.41) is 0. The lowest BCUT2D eigenvalue weighted by molar-refractivity contribution is -0.104. The van der Waals surface area contributed by atoms with E-state index in [-0.39, 0.29) is 0 Å². The van der Waals surface area contributed by atoms with Gasteiger partial charge in [-0.1, -0.05) is 43.7 Å². The fourth-order valence-electron chi connectivity index (χ4n) is 2.27. The van der Waals surface area contributed by atoms with Crippen molar-refractivity contribution in [1.82, 2.24) is 0 Å². The van der Waals surface area contributed by atoms with Crippen LogP contribution in [0.4, 0.5) is 0 Å². The van der Waals surface area contributed by atoms with Crippen LogP contribution >= 0.6 is 0 Å². The molecule has 1 heteroatoms. The number of rotatable bonds is 3. The van der Waals surface area contributed by atoms with Crippen LogP contribution in [-0.2, 0) is 4.79 Å². The zero-order valence-corrected chi connectivity index (χ0v) is 9.86. The minimum Gasteiger partial charge on any atom is -0.299 e. The Kier molecular flexibility index (Phi) is 4.07. The molecule has 1 unspecified atom stereocenters. The largest absolute Gasteiger partial charge is 0.299 e. The van der Waals surface area contributed by atoms with Gasteiger partial charge in [-0.25, -0.2) is 0 Å².